The first kappa shape index (κ1) is 16.8. The number of methoxy groups -OCH3 is 1. The molecule has 0 radical (unpaired) electrons. The lowest BCUT2D eigenvalue weighted by molar-refractivity contribution is 0.111. The van der Waals surface area contributed by atoms with Gasteiger partial charge in [-0.25, -0.2) is 9.50 Å². The number of nitrogens with zero attached hydrogens (tertiary/aromatic N) is 5. The lowest BCUT2D eigenvalue weighted by Gasteiger charge is -2.20. The summed E-state index contributed by atoms with van der Waals surface area (Å²) in [7, 11) is 3.62. The molecule has 0 amide bonds. The van der Waals surface area contributed by atoms with Crippen LogP contribution in [0.1, 0.15) is 16.1 Å². The molecule has 0 saturated carbocycles. The summed E-state index contributed by atoms with van der Waals surface area (Å²) in [6.45, 7) is 0.618. The van der Waals surface area contributed by atoms with Crippen LogP contribution in [-0.4, -0.2) is 45.2 Å². The van der Waals surface area contributed by atoms with Gasteiger partial charge in [0, 0.05) is 43.0 Å². The number of H-pyrrole nitrogens is 1. The van der Waals surface area contributed by atoms with E-state index in [0.29, 0.717) is 24.2 Å². The molecule has 0 aliphatic heterocycles. The number of carbonyl (C=O) groups excluding carboxylic acids is 1. The van der Waals surface area contributed by atoms with E-state index in [9.17, 15) is 4.79 Å². The van der Waals surface area contributed by atoms with E-state index in [1.165, 1.54) is 0 Å². The Bertz CT molecular complexity index is 1090. The second-order valence-corrected chi connectivity index (χ2v) is 6.11. The van der Waals surface area contributed by atoms with E-state index in [4.69, 9.17) is 4.74 Å². The van der Waals surface area contributed by atoms with Crippen molar-refractivity contribution in [3.63, 3.8) is 0 Å². The molecule has 0 aliphatic rings. The predicted molar refractivity (Wildman–Crippen MR) is 101 cm³/mol. The van der Waals surface area contributed by atoms with Crippen molar-refractivity contribution in [1.29, 1.82) is 0 Å². The van der Waals surface area contributed by atoms with Crippen LogP contribution in [0.5, 0.6) is 5.75 Å². The molecule has 0 spiro atoms. The zero-order chi connectivity index (χ0) is 18.8. The van der Waals surface area contributed by atoms with E-state index in [-0.39, 0.29) is 0 Å². The summed E-state index contributed by atoms with van der Waals surface area (Å²) in [5.74, 6) is 1.58. The van der Waals surface area contributed by atoms with Gasteiger partial charge in [0.15, 0.2) is 11.9 Å². The van der Waals surface area contributed by atoms with E-state index in [0.717, 1.165) is 28.4 Å². The maximum Gasteiger partial charge on any atom is 0.170 e. The third-order valence-electron chi connectivity index (χ3n) is 4.34. The largest absolute Gasteiger partial charge is 0.496 e. The number of aldehydes is 1. The number of fused-ring (bicyclic) bond motifs is 1. The standard InChI is InChI=1S/C19H18N6O2/c1-24(11-13-5-3-4-6-17(13)27-2)18-8-16(14-9-20-21-10-14)25-19(22-18)7-15(12-26)23-25/h3-10,12H,11H2,1-2H3,(H,20,21). The first-order valence-electron chi connectivity index (χ1n) is 8.38. The van der Waals surface area contributed by atoms with Gasteiger partial charge in [0.2, 0.25) is 0 Å². The van der Waals surface area contributed by atoms with Crippen LogP contribution in [0.3, 0.4) is 0 Å². The van der Waals surface area contributed by atoms with Gasteiger partial charge < -0.3 is 9.64 Å². The molecule has 1 N–H and O–H groups in total. The maximum atomic E-state index is 11.2. The van der Waals surface area contributed by atoms with E-state index < -0.39 is 0 Å². The monoisotopic (exact) mass is 362 g/mol. The Morgan fingerprint density at radius 2 is 2.15 bits per heavy atom. The lowest BCUT2D eigenvalue weighted by Crippen LogP contribution is -2.19. The fourth-order valence-electron chi connectivity index (χ4n) is 3.00. The number of para-hydroxylation sites is 1. The minimum atomic E-state index is 0.330. The van der Waals surface area contributed by atoms with Crippen LogP contribution in [0, 0.1) is 0 Å². The van der Waals surface area contributed by atoms with Gasteiger partial charge in [-0.1, -0.05) is 18.2 Å². The Labute approximate surface area is 155 Å². The summed E-state index contributed by atoms with van der Waals surface area (Å²) in [5, 5.41) is 11.1. The number of benzene rings is 1. The molecule has 0 fully saturated rings. The highest BCUT2D eigenvalue weighted by molar-refractivity contribution is 5.76. The molecule has 1 aromatic carbocycles. The molecule has 3 heterocycles. The fourth-order valence-corrected chi connectivity index (χ4v) is 3.00. The second-order valence-electron chi connectivity index (χ2n) is 6.11. The maximum absolute atomic E-state index is 11.2. The first-order valence-corrected chi connectivity index (χ1v) is 8.38. The quantitative estimate of drug-likeness (QED) is 0.530. The van der Waals surface area contributed by atoms with Crippen LogP contribution in [0.4, 0.5) is 5.82 Å². The Hall–Kier alpha value is -3.68. The van der Waals surface area contributed by atoms with E-state index in [1.807, 2.05) is 42.3 Å². The summed E-state index contributed by atoms with van der Waals surface area (Å²) in [5.41, 5.74) is 3.63. The summed E-state index contributed by atoms with van der Waals surface area (Å²) < 4.78 is 7.09. The zero-order valence-electron chi connectivity index (χ0n) is 15.0. The van der Waals surface area contributed by atoms with Crippen molar-refractivity contribution in [1.82, 2.24) is 24.8 Å². The average molecular weight is 362 g/mol. The summed E-state index contributed by atoms with van der Waals surface area (Å²) >= 11 is 0. The van der Waals surface area contributed by atoms with Gasteiger partial charge in [0.1, 0.15) is 17.3 Å². The third kappa shape index (κ3) is 3.12. The van der Waals surface area contributed by atoms with Crippen LogP contribution in [0.25, 0.3) is 16.9 Å². The Morgan fingerprint density at radius 1 is 1.30 bits per heavy atom. The van der Waals surface area contributed by atoms with Gasteiger partial charge >= 0.3 is 0 Å². The fraction of sp³-hybridized carbons (Fsp3) is 0.158. The number of hydrogen-bond acceptors (Lipinski definition) is 6. The summed E-state index contributed by atoms with van der Waals surface area (Å²) in [6.07, 6.45) is 4.20. The molecular formula is C19H18N6O2. The number of carbonyl (C=O) groups is 1. The molecular weight excluding hydrogens is 344 g/mol. The number of ether oxygens (including phenoxy) is 1. The molecule has 0 bridgehead atoms. The molecule has 3 aromatic heterocycles. The van der Waals surface area contributed by atoms with Gasteiger partial charge in [0.05, 0.1) is 19.0 Å². The van der Waals surface area contributed by atoms with Crippen molar-refractivity contribution in [2.45, 2.75) is 6.54 Å². The van der Waals surface area contributed by atoms with Crippen molar-refractivity contribution in [2.75, 3.05) is 19.1 Å². The Balaban J connectivity index is 1.78. The Kier molecular flexibility index (Phi) is 4.29. The van der Waals surface area contributed by atoms with Crippen LogP contribution < -0.4 is 9.64 Å². The SMILES string of the molecule is COc1ccccc1CN(C)c1cc(-c2cn[nH]c2)n2nc(C=O)cc2n1. The average Bonchev–Trinajstić information content (AvgIpc) is 3.37. The highest BCUT2D eigenvalue weighted by Gasteiger charge is 2.15. The minimum Gasteiger partial charge on any atom is -0.496 e. The normalized spacial score (nSPS) is 10.9. The van der Waals surface area contributed by atoms with Crippen molar-refractivity contribution < 1.29 is 9.53 Å². The number of nitrogens with one attached hydrogen (secondary N) is 1. The van der Waals surface area contributed by atoms with Gasteiger partial charge in [-0.05, 0) is 6.07 Å². The predicted octanol–water partition coefficient (Wildman–Crippen LogP) is 2.58. The van der Waals surface area contributed by atoms with E-state index in [2.05, 4.69) is 20.3 Å². The van der Waals surface area contributed by atoms with Gasteiger partial charge in [-0.15, -0.1) is 0 Å². The van der Waals surface area contributed by atoms with Crippen LogP contribution >= 0.6 is 0 Å². The number of aromatic nitrogens is 5. The molecule has 136 valence electrons. The Morgan fingerprint density at radius 3 is 2.89 bits per heavy atom. The molecule has 8 heteroatoms. The van der Waals surface area contributed by atoms with Crippen LogP contribution in [0.2, 0.25) is 0 Å². The molecule has 4 aromatic rings. The number of hydrogen-bond donors (Lipinski definition) is 1. The first-order chi connectivity index (χ1) is 13.2. The number of anilines is 1. The van der Waals surface area contributed by atoms with Gasteiger partial charge in [-0.2, -0.15) is 10.2 Å². The van der Waals surface area contributed by atoms with E-state index >= 15 is 0 Å². The summed E-state index contributed by atoms with van der Waals surface area (Å²) in [4.78, 5) is 17.8. The third-order valence-corrected chi connectivity index (χ3v) is 4.34. The molecule has 8 nitrogen and oxygen atoms in total. The van der Waals surface area contributed by atoms with Crippen molar-refractivity contribution in [3.05, 3.63) is 60.0 Å². The molecule has 0 atom stereocenters. The van der Waals surface area contributed by atoms with Crippen LogP contribution in [0.15, 0.2) is 48.8 Å². The number of rotatable bonds is 6. The second kappa shape index (κ2) is 6.91. The topological polar surface area (TPSA) is 88.4 Å². The highest BCUT2D eigenvalue weighted by atomic mass is 16.5. The molecule has 0 unspecified atom stereocenters. The molecule has 27 heavy (non-hydrogen) atoms. The molecule has 4 rings (SSSR count). The van der Waals surface area contributed by atoms with Gasteiger partial charge in [0.25, 0.3) is 0 Å². The van der Waals surface area contributed by atoms with Crippen molar-refractivity contribution in [2.24, 2.45) is 0 Å². The number of aromatic amines is 1. The van der Waals surface area contributed by atoms with Crippen molar-refractivity contribution >= 4 is 17.8 Å². The molecule has 0 saturated heterocycles. The summed E-state index contributed by atoms with van der Waals surface area (Å²) in [6, 6.07) is 11.5. The molecule has 0 aliphatic carbocycles. The lowest BCUT2D eigenvalue weighted by atomic mass is 10.2. The van der Waals surface area contributed by atoms with Gasteiger partial charge in [-0.3, -0.25) is 9.89 Å². The smallest absolute Gasteiger partial charge is 0.170 e. The van der Waals surface area contributed by atoms with E-state index in [1.54, 1.807) is 30.1 Å². The minimum absolute atomic E-state index is 0.330. The van der Waals surface area contributed by atoms with Crippen LogP contribution in [-0.2, 0) is 6.54 Å². The highest BCUT2D eigenvalue weighted by Crippen LogP contribution is 2.26. The van der Waals surface area contributed by atoms with Crippen molar-refractivity contribution in [3.8, 4) is 17.0 Å². The zero-order valence-corrected chi connectivity index (χ0v) is 15.0.